The van der Waals surface area contributed by atoms with Gasteiger partial charge in [-0.05, 0) is 57.1 Å². The summed E-state index contributed by atoms with van der Waals surface area (Å²) in [6, 6.07) is 4.28. The summed E-state index contributed by atoms with van der Waals surface area (Å²) in [5.41, 5.74) is 4.83. The molecule has 1 N–H and O–H groups in total. The molecule has 0 fully saturated rings. The number of carbonyl (C=O) groups is 1. The van der Waals surface area contributed by atoms with Crippen LogP contribution in [0.2, 0.25) is 0 Å². The van der Waals surface area contributed by atoms with Crippen molar-refractivity contribution in [3.05, 3.63) is 46.5 Å². The standard InChI is InChI=1S/C15H21NO2/c1-10-8-12(3)13(9-11(10)2)14(16(4)5)6-7-15(17)18/h6-9,14H,1-5H3,(H,17,18)/b7-6+. The Morgan fingerprint density at radius 2 is 1.72 bits per heavy atom. The zero-order chi connectivity index (χ0) is 13.9. The smallest absolute Gasteiger partial charge is 0.328 e. The summed E-state index contributed by atoms with van der Waals surface area (Å²) in [6.45, 7) is 6.22. The number of carboxylic acids is 1. The molecule has 0 aromatic heterocycles. The summed E-state index contributed by atoms with van der Waals surface area (Å²) in [5, 5.41) is 8.75. The van der Waals surface area contributed by atoms with Gasteiger partial charge in [-0.2, -0.15) is 0 Å². The van der Waals surface area contributed by atoms with Crippen LogP contribution in [0, 0.1) is 20.8 Å². The third kappa shape index (κ3) is 3.44. The van der Waals surface area contributed by atoms with Crippen molar-refractivity contribution in [1.82, 2.24) is 4.90 Å². The average molecular weight is 247 g/mol. The monoisotopic (exact) mass is 247 g/mol. The van der Waals surface area contributed by atoms with Crippen LogP contribution in [0.3, 0.4) is 0 Å². The lowest BCUT2D eigenvalue weighted by Gasteiger charge is -2.24. The highest BCUT2D eigenvalue weighted by atomic mass is 16.4. The average Bonchev–Trinajstić information content (AvgIpc) is 2.24. The van der Waals surface area contributed by atoms with Gasteiger partial charge in [0.1, 0.15) is 0 Å². The number of carboxylic acid groups (broad SMARTS) is 1. The first kappa shape index (κ1) is 14.5. The molecule has 0 bridgehead atoms. The van der Waals surface area contributed by atoms with E-state index in [0.717, 1.165) is 5.56 Å². The first-order valence-corrected chi connectivity index (χ1v) is 5.98. The van der Waals surface area contributed by atoms with Gasteiger partial charge in [0.15, 0.2) is 0 Å². The zero-order valence-corrected chi connectivity index (χ0v) is 11.7. The van der Waals surface area contributed by atoms with E-state index in [1.54, 1.807) is 6.08 Å². The number of nitrogens with zero attached hydrogens (tertiary/aromatic N) is 1. The van der Waals surface area contributed by atoms with E-state index in [0.29, 0.717) is 0 Å². The van der Waals surface area contributed by atoms with Crippen molar-refractivity contribution in [2.24, 2.45) is 0 Å². The zero-order valence-electron chi connectivity index (χ0n) is 11.7. The predicted octanol–water partition coefficient (Wildman–Crippen LogP) is 2.86. The molecule has 3 heteroatoms. The van der Waals surface area contributed by atoms with E-state index >= 15 is 0 Å². The molecular weight excluding hydrogens is 226 g/mol. The molecule has 1 atom stereocenters. The van der Waals surface area contributed by atoms with Crippen molar-refractivity contribution < 1.29 is 9.90 Å². The number of aliphatic carboxylic acids is 1. The minimum absolute atomic E-state index is 0.0135. The van der Waals surface area contributed by atoms with Crippen LogP contribution in [0.25, 0.3) is 0 Å². The van der Waals surface area contributed by atoms with Crippen molar-refractivity contribution >= 4 is 5.97 Å². The van der Waals surface area contributed by atoms with Gasteiger partial charge in [-0.3, -0.25) is 4.90 Å². The van der Waals surface area contributed by atoms with E-state index < -0.39 is 5.97 Å². The molecule has 0 aliphatic heterocycles. The molecule has 0 aliphatic rings. The molecule has 1 rings (SSSR count). The maximum Gasteiger partial charge on any atom is 0.328 e. The fourth-order valence-corrected chi connectivity index (χ4v) is 2.03. The van der Waals surface area contributed by atoms with Gasteiger partial charge >= 0.3 is 5.97 Å². The third-order valence-electron chi connectivity index (χ3n) is 3.18. The summed E-state index contributed by atoms with van der Waals surface area (Å²) in [7, 11) is 3.90. The van der Waals surface area contributed by atoms with Gasteiger partial charge in [0.2, 0.25) is 0 Å². The van der Waals surface area contributed by atoms with Crippen LogP contribution in [0.4, 0.5) is 0 Å². The van der Waals surface area contributed by atoms with Gasteiger partial charge in [0.25, 0.3) is 0 Å². The van der Waals surface area contributed by atoms with Crippen LogP contribution in [0.5, 0.6) is 0 Å². The van der Waals surface area contributed by atoms with E-state index in [-0.39, 0.29) is 6.04 Å². The summed E-state index contributed by atoms with van der Waals surface area (Å²) < 4.78 is 0. The Morgan fingerprint density at radius 3 is 2.22 bits per heavy atom. The number of hydrogen-bond acceptors (Lipinski definition) is 2. The largest absolute Gasteiger partial charge is 0.478 e. The van der Waals surface area contributed by atoms with E-state index in [1.165, 1.54) is 22.8 Å². The summed E-state index contributed by atoms with van der Waals surface area (Å²) in [6.07, 6.45) is 2.93. The fourth-order valence-electron chi connectivity index (χ4n) is 2.03. The molecular formula is C15H21NO2. The Balaban J connectivity index is 3.22. The molecule has 0 saturated carbocycles. The van der Waals surface area contributed by atoms with Crippen LogP contribution in [-0.4, -0.2) is 30.1 Å². The molecule has 0 radical (unpaired) electrons. The number of likely N-dealkylation sites (N-methyl/N-ethyl adjacent to an activating group) is 1. The second kappa shape index (κ2) is 5.83. The van der Waals surface area contributed by atoms with Crippen LogP contribution in [0.1, 0.15) is 28.3 Å². The number of benzene rings is 1. The Kier molecular flexibility index (Phi) is 4.68. The molecule has 1 aromatic rings. The molecule has 1 unspecified atom stereocenters. The molecule has 1 aromatic carbocycles. The maximum absolute atomic E-state index is 10.7. The lowest BCUT2D eigenvalue weighted by molar-refractivity contribution is -0.131. The SMILES string of the molecule is Cc1cc(C)c(C(/C=C/C(=O)O)N(C)C)cc1C. The number of aryl methyl sites for hydroxylation is 3. The molecule has 3 nitrogen and oxygen atoms in total. The molecule has 98 valence electrons. The van der Waals surface area contributed by atoms with Gasteiger partial charge in [0.05, 0.1) is 6.04 Å². The Bertz CT molecular complexity index is 476. The first-order valence-electron chi connectivity index (χ1n) is 5.98. The van der Waals surface area contributed by atoms with Gasteiger partial charge in [-0.25, -0.2) is 4.79 Å². The molecule has 0 aliphatic carbocycles. The predicted molar refractivity (Wildman–Crippen MR) is 73.9 cm³/mol. The maximum atomic E-state index is 10.7. The van der Waals surface area contributed by atoms with Crippen LogP contribution >= 0.6 is 0 Å². The van der Waals surface area contributed by atoms with Crippen molar-refractivity contribution in [1.29, 1.82) is 0 Å². The van der Waals surface area contributed by atoms with Gasteiger partial charge in [-0.15, -0.1) is 0 Å². The number of hydrogen-bond donors (Lipinski definition) is 1. The summed E-state index contributed by atoms with van der Waals surface area (Å²) >= 11 is 0. The topological polar surface area (TPSA) is 40.5 Å². The minimum atomic E-state index is -0.914. The lowest BCUT2D eigenvalue weighted by Crippen LogP contribution is -2.19. The first-order chi connectivity index (χ1) is 8.32. The second-order valence-corrected chi connectivity index (χ2v) is 4.90. The summed E-state index contributed by atoms with van der Waals surface area (Å²) in [5.74, 6) is -0.914. The quantitative estimate of drug-likeness (QED) is 0.832. The molecule has 0 saturated heterocycles. The molecule has 18 heavy (non-hydrogen) atoms. The second-order valence-electron chi connectivity index (χ2n) is 4.90. The van der Waals surface area contributed by atoms with E-state index in [2.05, 4.69) is 32.9 Å². The van der Waals surface area contributed by atoms with Crippen LogP contribution in [0.15, 0.2) is 24.3 Å². The fraction of sp³-hybridized carbons (Fsp3) is 0.400. The Labute approximate surface area is 109 Å². The van der Waals surface area contributed by atoms with E-state index in [4.69, 9.17) is 5.11 Å². The van der Waals surface area contributed by atoms with Crippen molar-refractivity contribution in [2.45, 2.75) is 26.8 Å². The Morgan fingerprint density at radius 1 is 1.17 bits per heavy atom. The van der Waals surface area contributed by atoms with E-state index in [1.807, 2.05) is 19.0 Å². The molecule has 0 spiro atoms. The molecule has 0 heterocycles. The van der Waals surface area contributed by atoms with E-state index in [9.17, 15) is 4.79 Å². The van der Waals surface area contributed by atoms with Gasteiger partial charge in [-0.1, -0.05) is 18.2 Å². The van der Waals surface area contributed by atoms with Crippen molar-refractivity contribution in [2.75, 3.05) is 14.1 Å². The lowest BCUT2D eigenvalue weighted by atomic mass is 9.95. The highest BCUT2D eigenvalue weighted by molar-refractivity contribution is 5.79. The minimum Gasteiger partial charge on any atom is -0.478 e. The van der Waals surface area contributed by atoms with Gasteiger partial charge in [0, 0.05) is 6.08 Å². The number of rotatable bonds is 4. The van der Waals surface area contributed by atoms with Gasteiger partial charge < -0.3 is 5.11 Å². The third-order valence-corrected chi connectivity index (χ3v) is 3.18. The van der Waals surface area contributed by atoms with Crippen molar-refractivity contribution in [3.8, 4) is 0 Å². The van der Waals surface area contributed by atoms with Crippen LogP contribution in [-0.2, 0) is 4.79 Å². The van der Waals surface area contributed by atoms with Crippen LogP contribution < -0.4 is 0 Å². The normalized spacial score (nSPS) is 13.2. The highest BCUT2D eigenvalue weighted by Gasteiger charge is 2.14. The highest BCUT2D eigenvalue weighted by Crippen LogP contribution is 2.26. The Hall–Kier alpha value is -1.61. The van der Waals surface area contributed by atoms with Crippen molar-refractivity contribution in [3.63, 3.8) is 0 Å². The summed E-state index contributed by atoms with van der Waals surface area (Å²) in [4.78, 5) is 12.7. The molecule has 0 amide bonds.